The first-order chi connectivity index (χ1) is 9.69. The second-order valence-corrected chi connectivity index (χ2v) is 5.56. The predicted octanol–water partition coefficient (Wildman–Crippen LogP) is 2.39. The Hall–Kier alpha value is -1.74. The van der Waals surface area contributed by atoms with Crippen molar-refractivity contribution in [1.29, 1.82) is 0 Å². The number of hydrogen-bond donors (Lipinski definition) is 3. The van der Waals surface area contributed by atoms with Crippen molar-refractivity contribution in [1.82, 2.24) is 10.3 Å². The molecule has 2 heterocycles. The number of hydrogen-bond acceptors (Lipinski definition) is 3. The molecule has 0 aliphatic heterocycles. The summed E-state index contributed by atoms with van der Waals surface area (Å²) in [5.41, 5.74) is 0.439. The van der Waals surface area contributed by atoms with Crippen LogP contribution in [0.4, 0.5) is 0 Å². The van der Waals surface area contributed by atoms with Crippen molar-refractivity contribution in [3.63, 3.8) is 0 Å². The molecule has 0 fully saturated rings. The Balaban J connectivity index is 1.88. The van der Waals surface area contributed by atoms with Gasteiger partial charge in [-0.3, -0.25) is 4.79 Å². The number of aromatic nitrogens is 1. The van der Waals surface area contributed by atoms with Crippen LogP contribution in [0.5, 0.6) is 0 Å². The van der Waals surface area contributed by atoms with Crippen LogP contribution in [0.25, 0.3) is 0 Å². The third kappa shape index (κ3) is 4.14. The van der Waals surface area contributed by atoms with Gasteiger partial charge < -0.3 is 15.4 Å². The van der Waals surface area contributed by atoms with Crippen LogP contribution in [-0.4, -0.2) is 22.6 Å². The van der Waals surface area contributed by atoms with Gasteiger partial charge in [0.2, 0.25) is 0 Å². The van der Waals surface area contributed by atoms with Crippen molar-refractivity contribution < 1.29 is 9.90 Å². The van der Waals surface area contributed by atoms with E-state index < -0.39 is 0 Å². The second kappa shape index (κ2) is 7.15. The fourth-order valence-corrected chi connectivity index (χ4v) is 2.49. The lowest BCUT2D eigenvalue weighted by Gasteiger charge is -2.00. The lowest BCUT2D eigenvalue weighted by Crippen LogP contribution is -2.22. The molecule has 0 saturated carbocycles. The molecule has 0 spiro atoms. The fourth-order valence-electron chi connectivity index (χ4n) is 1.51. The highest BCUT2D eigenvalue weighted by Crippen LogP contribution is 2.15. The van der Waals surface area contributed by atoms with Crippen molar-refractivity contribution >= 4 is 28.8 Å². The minimum Gasteiger partial charge on any atom is -0.395 e. The Bertz CT molecular complexity index is 651. The van der Waals surface area contributed by atoms with Gasteiger partial charge in [-0.25, -0.2) is 0 Å². The molecule has 6 heteroatoms. The number of amides is 1. The summed E-state index contributed by atoms with van der Waals surface area (Å²) in [6.45, 7) is 0.516. The van der Waals surface area contributed by atoms with Crippen LogP contribution in [0.1, 0.15) is 26.7 Å². The molecule has 0 radical (unpaired) electrons. The Kier molecular flexibility index (Phi) is 5.24. The molecule has 4 nitrogen and oxygen atoms in total. The van der Waals surface area contributed by atoms with Crippen molar-refractivity contribution in [3.05, 3.63) is 44.9 Å². The molecule has 0 aromatic carbocycles. The zero-order valence-corrected chi connectivity index (χ0v) is 12.1. The summed E-state index contributed by atoms with van der Waals surface area (Å²) in [5, 5.41) is 12.0. The molecule has 104 valence electrons. The summed E-state index contributed by atoms with van der Waals surface area (Å²) >= 11 is 7.26. The highest BCUT2D eigenvalue weighted by Gasteiger charge is 2.08. The van der Waals surface area contributed by atoms with Crippen LogP contribution < -0.4 is 5.32 Å². The molecule has 0 aliphatic rings. The zero-order valence-electron chi connectivity index (χ0n) is 10.6. The summed E-state index contributed by atoms with van der Waals surface area (Å²) in [4.78, 5) is 16.5. The summed E-state index contributed by atoms with van der Waals surface area (Å²) in [6.07, 6.45) is 2.04. The smallest absolute Gasteiger partial charge is 0.268 e. The van der Waals surface area contributed by atoms with Crippen LogP contribution in [0.15, 0.2) is 24.4 Å². The second-order valence-electron chi connectivity index (χ2n) is 3.96. The minimum absolute atomic E-state index is 0.0694. The summed E-state index contributed by atoms with van der Waals surface area (Å²) < 4.78 is 0. The number of aromatic amines is 1. The van der Waals surface area contributed by atoms with E-state index in [2.05, 4.69) is 22.1 Å². The first-order valence-corrected chi connectivity index (χ1v) is 7.19. The molecular weight excluding hydrogens is 296 g/mol. The first-order valence-electron chi connectivity index (χ1n) is 5.99. The van der Waals surface area contributed by atoms with Crippen LogP contribution in [0.3, 0.4) is 0 Å². The maximum Gasteiger partial charge on any atom is 0.268 e. The van der Waals surface area contributed by atoms with Crippen LogP contribution in [0, 0.1) is 11.8 Å². The minimum atomic E-state index is -0.196. The van der Waals surface area contributed by atoms with Crippen LogP contribution in [0.2, 0.25) is 5.02 Å². The van der Waals surface area contributed by atoms with Crippen molar-refractivity contribution in [2.75, 3.05) is 6.61 Å². The Morgan fingerprint density at radius 1 is 1.50 bits per heavy atom. The van der Waals surface area contributed by atoms with Gasteiger partial charge in [0.1, 0.15) is 5.69 Å². The third-order valence-corrected chi connectivity index (χ3v) is 3.64. The van der Waals surface area contributed by atoms with E-state index in [1.165, 1.54) is 11.3 Å². The number of H-pyrrole nitrogens is 1. The van der Waals surface area contributed by atoms with Gasteiger partial charge >= 0.3 is 0 Å². The molecule has 0 unspecified atom stereocenters. The van der Waals surface area contributed by atoms with Gasteiger partial charge in [0.05, 0.1) is 23.1 Å². The summed E-state index contributed by atoms with van der Waals surface area (Å²) in [7, 11) is 0. The average molecular weight is 309 g/mol. The number of nitrogens with one attached hydrogen (secondary N) is 2. The number of aliphatic hydroxyl groups excluding tert-OH is 1. The third-order valence-electron chi connectivity index (χ3n) is 2.43. The maximum absolute atomic E-state index is 11.8. The molecule has 2 aromatic rings. The molecule has 0 aliphatic carbocycles. The van der Waals surface area contributed by atoms with Gasteiger partial charge in [-0.15, -0.1) is 11.3 Å². The molecule has 0 saturated heterocycles. The van der Waals surface area contributed by atoms with Crippen molar-refractivity contribution in [2.24, 2.45) is 0 Å². The topological polar surface area (TPSA) is 65.1 Å². The highest BCUT2D eigenvalue weighted by molar-refractivity contribution is 7.12. The number of rotatable bonds is 4. The molecule has 3 N–H and O–H groups in total. The number of halogens is 1. The molecule has 2 aromatic heterocycles. The highest BCUT2D eigenvalue weighted by atomic mass is 35.5. The largest absolute Gasteiger partial charge is 0.395 e. The van der Waals surface area contributed by atoms with Gasteiger partial charge in [-0.1, -0.05) is 23.4 Å². The van der Waals surface area contributed by atoms with E-state index in [1.54, 1.807) is 12.3 Å². The van der Waals surface area contributed by atoms with E-state index in [0.29, 0.717) is 23.7 Å². The van der Waals surface area contributed by atoms with E-state index in [4.69, 9.17) is 16.7 Å². The van der Waals surface area contributed by atoms with Gasteiger partial charge in [0.15, 0.2) is 0 Å². The van der Waals surface area contributed by atoms with Gasteiger partial charge in [-0.05, 0) is 18.2 Å². The van der Waals surface area contributed by atoms with Crippen LogP contribution >= 0.6 is 22.9 Å². The molecule has 0 atom stereocenters. The van der Waals surface area contributed by atoms with Gasteiger partial charge in [0, 0.05) is 17.5 Å². The lowest BCUT2D eigenvalue weighted by atomic mass is 10.3. The Morgan fingerprint density at radius 2 is 2.35 bits per heavy atom. The normalized spacial score (nSPS) is 9.90. The molecule has 0 bridgehead atoms. The van der Waals surface area contributed by atoms with Crippen molar-refractivity contribution in [3.8, 4) is 11.8 Å². The predicted molar refractivity (Wildman–Crippen MR) is 79.9 cm³/mol. The van der Waals surface area contributed by atoms with Gasteiger partial charge in [0.25, 0.3) is 5.91 Å². The Morgan fingerprint density at radius 3 is 3.05 bits per heavy atom. The van der Waals surface area contributed by atoms with E-state index in [9.17, 15) is 4.79 Å². The molecule has 1 amide bonds. The summed E-state index contributed by atoms with van der Waals surface area (Å²) in [6, 6.07) is 5.41. The zero-order chi connectivity index (χ0) is 14.4. The molecule has 20 heavy (non-hydrogen) atoms. The summed E-state index contributed by atoms with van der Waals surface area (Å²) in [5.74, 6) is 5.63. The van der Waals surface area contributed by atoms with E-state index in [-0.39, 0.29) is 12.5 Å². The number of carbonyl (C=O) groups is 1. The number of thiophene rings is 1. The van der Waals surface area contributed by atoms with Crippen LogP contribution in [-0.2, 0) is 6.54 Å². The maximum atomic E-state index is 11.8. The van der Waals surface area contributed by atoms with E-state index in [0.717, 1.165) is 9.75 Å². The standard InChI is InChI=1S/C14H13ClN2O2S/c15-10-7-13(16-8-10)14(19)17-9-12-5-4-11(20-12)3-1-2-6-18/h4-5,7-8,16,18H,2,6,9H2,(H,17,19). The molecule has 2 rings (SSSR count). The first kappa shape index (κ1) is 14.7. The van der Waals surface area contributed by atoms with Crippen molar-refractivity contribution in [2.45, 2.75) is 13.0 Å². The number of carbonyl (C=O) groups excluding carboxylic acids is 1. The van der Waals surface area contributed by atoms with Gasteiger partial charge in [-0.2, -0.15) is 0 Å². The van der Waals surface area contributed by atoms with E-state index in [1.807, 2.05) is 12.1 Å². The monoisotopic (exact) mass is 308 g/mol. The Labute approximate surface area is 125 Å². The SMILES string of the molecule is O=C(NCc1ccc(C#CCCO)s1)c1cc(Cl)c[nH]1. The quantitative estimate of drug-likeness (QED) is 0.759. The number of aliphatic hydroxyl groups is 1. The molecular formula is C14H13ClN2O2S. The average Bonchev–Trinajstić information content (AvgIpc) is 3.05. The lowest BCUT2D eigenvalue weighted by molar-refractivity contribution is 0.0947. The fraction of sp³-hybridized carbons (Fsp3) is 0.214. The van der Waals surface area contributed by atoms with E-state index >= 15 is 0 Å².